The van der Waals surface area contributed by atoms with Gasteiger partial charge < -0.3 is 10.1 Å². The van der Waals surface area contributed by atoms with Gasteiger partial charge >= 0.3 is 5.97 Å². The molecule has 0 aliphatic heterocycles. The summed E-state index contributed by atoms with van der Waals surface area (Å²) in [4.78, 5) is 23.7. The molecule has 0 aliphatic rings. The number of halogens is 1. The monoisotopic (exact) mass is 307 g/mol. The Morgan fingerprint density at radius 3 is 2.36 bits per heavy atom. The summed E-state index contributed by atoms with van der Waals surface area (Å²) in [7, 11) is 1.29. The first kappa shape index (κ1) is 17.9. The highest BCUT2D eigenvalue weighted by molar-refractivity contribution is 5.86. The normalized spacial score (nSPS) is 13.0. The number of carbonyl (C=O) groups excluding carboxylic acids is 2. The summed E-state index contributed by atoms with van der Waals surface area (Å²) in [5.41, 5.74) is 0.359. The van der Waals surface area contributed by atoms with Crippen LogP contribution in [0.15, 0.2) is 30.3 Å². The van der Waals surface area contributed by atoms with E-state index in [-0.39, 0.29) is 18.1 Å². The fourth-order valence-electron chi connectivity index (χ4n) is 1.84. The minimum absolute atomic E-state index is 0.126. The molecule has 0 aliphatic carbocycles. The summed E-state index contributed by atoms with van der Waals surface area (Å²) in [6.45, 7) is 5.55. The Bertz CT molecular complexity index is 544. The van der Waals surface area contributed by atoms with Crippen LogP contribution in [0, 0.1) is 11.2 Å². The quantitative estimate of drug-likeness (QED) is 0.851. The van der Waals surface area contributed by atoms with Gasteiger partial charge in [-0.15, -0.1) is 0 Å². The van der Waals surface area contributed by atoms with Gasteiger partial charge in [0.05, 0.1) is 7.11 Å². The minimum atomic E-state index is -0.704. The van der Waals surface area contributed by atoms with E-state index in [1.807, 2.05) is 20.8 Å². The molecular formula is C17H22FNO3. The highest BCUT2D eigenvalue weighted by Gasteiger charge is 2.33. The summed E-state index contributed by atoms with van der Waals surface area (Å²) in [6, 6.07) is 5.25. The second-order valence-corrected chi connectivity index (χ2v) is 6.05. The van der Waals surface area contributed by atoms with Crippen molar-refractivity contribution >= 4 is 18.0 Å². The van der Waals surface area contributed by atoms with E-state index in [1.165, 1.54) is 19.2 Å². The number of esters is 1. The average Bonchev–Trinajstić information content (AvgIpc) is 2.45. The lowest BCUT2D eigenvalue weighted by molar-refractivity contribution is -0.148. The van der Waals surface area contributed by atoms with Gasteiger partial charge in [0.2, 0.25) is 5.91 Å². The third kappa shape index (κ3) is 5.68. The van der Waals surface area contributed by atoms with E-state index in [4.69, 9.17) is 4.74 Å². The van der Waals surface area contributed by atoms with Gasteiger partial charge in [0.15, 0.2) is 0 Å². The van der Waals surface area contributed by atoms with Crippen molar-refractivity contribution < 1.29 is 18.7 Å². The number of ether oxygens (including phenoxy) is 1. The Morgan fingerprint density at radius 1 is 1.27 bits per heavy atom. The molecule has 1 N–H and O–H groups in total. The molecule has 1 atom stereocenters. The molecular weight excluding hydrogens is 285 g/mol. The van der Waals surface area contributed by atoms with E-state index >= 15 is 0 Å². The number of nitrogens with one attached hydrogen (secondary N) is 1. The first-order valence-electron chi connectivity index (χ1n) is 7.03. The highest BCUT2D eigenvalue weighted by atomic mass is 19.1. The van der Waals surface area contributed by atoms with Gasteiger partial charge in [-0.3, -0.25) is 4.79 Å². The van der Waals surface area contributed by atoms with Crippen LogP contribution in [0.3, 0.4) is 0 Å². The van der Waals surface area contributed by atoms with Crippen LogP contribution in [0.1, 0.15) is 32.8 Å². The lowest BCUT2D eigenvalue weighted by Crippen LogP contribution is -2.49. The Balaban J connectivity index is 2.60. The van der Waals surface area contributed by atoms with Gasteiger partial charge in [0, 0.05) is 6.42 Å². The van der Waals surface area contributed by atoms with Crippen molar-refractivity contribution in [1.82, 2.24) is 5.32 Å². The maximum absolute atomic E-state index is 12.8. The van der Waals surface area contributed by atoms with Gasteiger partial charge in [-0.2, -0.15) is 0 Å². The zero-order chi connectivity index (χ0) is 16.8. The van der Waals surface area contributed by atoms with Crippen LogP contribution in [0.25, 0.3) is 6.08 Å². The zero-order valence-electron chi connectivity index (χ0n) is 13.4. The van der Waals surface area contributed by atoms with Crippen molar-refractivity contribution in [3.63, 3.8) is 0 Å². The third-order valence-electron chi connectivity index (χ3n) is 3.09. The van der Waals surface area contributed by atoms with Crippen molar-refractivity contribution in [1.29, 1.82) is 0 Å². The largest absolute Gasteiger partial charge is 0.467 e. The van der Waals surface area contributed by atoms with Crippen LogP contribution in [0.4, 0.5) is 4.39 Å². The standard InChI is InChI=1S/C17H22FNO3/c1-17(2,3)15(16(21)22-4)19-14(20)7-5-6-12-8-10-13(18)11-9-12/h5-6,8-11,15H,7H2,1-4H3,(H,19,20)/t15-/m1/s1. The molecule has 1 amide bonds. The van der Waals surface area contributed by atoms with Crippen LogP contribution >= 0.6 is 0 Å². The molecule has 22 heavy (non-hydrogen) atoms. The molecule has 1 rings (SSSR count). The first-order valence-corrected chi connectivity index (χ1v) is 7.03. The first-order chi connectivity index (χ1) is 10.2. The molecule has 1 aromatic carbocycles. The molecule has 120 valence electrons. The minimum Gasteiger partial charge on any atom is -0.467 e. The molecule has 1 aromatic rings. The molecule has 0 spiro atoms. The van der Waals surface area contributed by atoms with Crippen molar-refractivity contribution in [2.75, 3.05) is 7.11 Å². The smallest absolute Gasteiger partial charge is 0.328 e. The number of benzene rings is 1. The topological polar surface area (TPSA) is 55.4 Å². The molecule has 0 saturated carbocycles. The van der Waals surface area contributed by atoms with Gasteiger partial charge in [-0.05, 0) is 23.1 Å². The number of methoxy groups -OCH3 is 1. The van der Waals surface area contributed by atoms with E-state index in [9.17, 15) is 14.0 Å². The third-order valence-corrected chi connectivity index (χ3v) is 3.09. The molecule has 0 aromatic heterocycles. The van der Waals surface area contributed by atoms with Crippen LogP contribution < -0.4 is 5.32 Å². The van der Waals surface area contributed by atoms with E-state index in [2.05, 4.69) is 5.32 Å². The highest BCUT2D eigenvalue weighted by Crippen LogP contribution is 2.20. The number of rotatable bonds is 5. The number of amides is 1. The average molecular weight is 307 g/mol. The molecule has 4 nitrogen and oxygen atoms in total. The van der Waals surface area contributed by atoms with Gasteiger partial charge in [-0.25, -0.2) is 9.18 Å². The van der Waals surface area contributed by atoms with Crippen LogP contribution in [0.2, 0.25) is 0 Å². The predicted octanol–water partition coefficient (Wildman–Crippen LogP) is 2.93. The van der Waals surface area contributed by atoms with Crippen LogP contribution in [-0.2, 0) is 14.3 Å². The van der Waals surface area contributed by atoms with Gasteiger partial charge in [0.1, 0.15) is 11.9 Å². The molecule has 0 bridgehead atoms. The Morgan fingerprint density at radius 2 is 1.86 bits per heavy atom. The second-order valence-electron chi connectivity index (χ2n) is 6.05. The molecule has 0 fully saturated rings. The fourth-order valence-corrected chi connectivity index (χ4v) is 1.84. The number of carbonyl (C=O) groups is 2. The molecule has 0 heterocycles. The maximum atomic E-state index is 12.8. The lowest BCUT2D eigenvalue weighted by Gasteiger charge is -2.28. The van der Waals surface area contributed by atoms with Crippen molar-refractivity contribution in [3.05, 3.63) is 41.7 Å². The Labute approximate surface area is 130 Å². The molecule has 0 radical (unpaired) electrons. The predicted molar refractivity (Wildman–Crippen MR) is 83.5 cm³/mol. The summed E-state index contributed by atoms with van der Waals surface area (Å²) >= 11 is 0. The summed E-state index contributed by atoms with van der Waals surface area (Å²) in [6.07, 6.45) is 3.52. The SMILES string of the molecule is COC(=O)[C@@H](NC(=O)CC=Cc1ccc(F)cc1)C(C)(C)C. The van der Waals surface area contributed by atoms with Crippen LogP contribution in [-0.4, -0.2) is 25.0 Å². The van der Waals surface area contributed by atoms with Crippen molar-refractivity contribution in [3.8, 4) is 0 Å². The fraction of sp³-hybridized carbons (Fsp3) is 0.412. The van der Waals surface area contributed by atoms with Crippen molar-refractivity contribution in [2.24, 2.45) is 5.41 Å². The van der Waals surface area contributed by atoms with Crippen molar-refractivity contribution in [2.45, 2.75) is 33.2 Å². The van der Waals surface area contributed by atoms with E-state index < -0.39 is 17.4 Å². The van der Waals surface area contributed by atoms with E-state index in [0.717, 1.165) is 5.56 Å². The summed E-state index contributed by atoms with van der Waals surface area (Å²) < 4.78 is 17.5. The summed E-state index contributed by atoms with van der Waals surface area (Å²) in [5, 5.41) is 2.68. The Hall–Kier alpha value is -2.17. The molecule has 0 saturated heterocycles. The maximum Gasteiger partial charge on any atom is 0.328 e. The number of hydrogen-bond donors (Lipinski definition) is 1. The van der Waals surface area contributed by atoms with Gasteiger partial charge in [-0.1, -0.05) is 45.1 Å². The molecule has 5 heteroatoms. The van der Waals surface area contributed by atoms with E-state index in [0.29, 0.717) is 0 Å². The van der Waals surface area contributed by atoms with Crippen LogP contribution in [0.5, 0.6) is 0 Å². The zero-order valence-corrected chi connectivity index (χ0v) is 13.4. The Kier molecular flexibility index (Phi) is 6.28. The molecule has 0 unspecified atom stereocenters. The summed E-state index contributed by atoms with van der Waals surface area (Å²) in [5.74, 6) is -1.05. The lowest BCUT2D eigenvalue weighted by atomic mass is 9.86. The van der Waals surface area contributed by atoms with E-state index in [1.54, 1.807) is 24.3 Å². The van der Waals surface area contributed by atoms with Gasteiger partial charge in [0.25, 0.3) is 0 Å². The second kappa shape index (κ2) is 7.73. The number of hydrogen-bond acceptors (Lipinski definition) is 3.